The summed E-state index contributed by atoms with van der Waals surface area (Å²) in [6.07, 6.45) is 13.2. The Bertz CT molecular complexity index is 227. The van der Waals surface area contributed by atoms with Crippen molar-refractivity contribution in [2.45, 2.75) is 57.4 Å². The van der Waals surface area contributed by atoms with E-state index in [9.17, 15) is 0 Å². The molecule has 1 aliphatic carbocycles. The van der Waals surface area contributed by atoms with Gasteiger partial charge in [-0.05, 0) is 51.6 Å². The average molecular weight is 222 g/mol. The minimum absolute atomic E-state index is 0.461. The Balaban J connectivity index is 1.78. The molecular formula is C14H26N2. The molecule has 0 radical (unpaired) electrons. The monoisotopic (exact) mass is 222 g/mol. The fourth-order valence-corrected chi connectivity index (χ4v) is 2.80. The summed E-state index contributed by atoms with van der Waals surface area (Å²) in [5, 5.41) is 0. The van der Waals surface area contributed by atoms with Gasteiger partial charge in [0, 0.05) is 12.6 Å². The molecule has 0 aromatic rings. The molecule has 92 valence electrons. The van der Waals surface area contributed by atoms with E-state index in [2.05, 4.69) is 11.0 Å². The fraction of sp³-hybridized carbons (Fsp3) is 0.857. The maximum Gasteiger partial charge on any atom is 0.0192 e. The molecule has 1 heterocycles. The molecule has 1 fully saturated rings. The molecule has 0 bridgehead atoms. The van der Waals surface area contributed by atoms with Crippen molar-refractivity contribution in [3.8, 4) is 0 Å². The van der Waals surface area contributed by atoms with Crippen molar-refractivity contribution in [3.05, 3.63) is 11.6 Å². The zero-order valence-electron chi connectivity index (χ0n) is 10.5. The van der Waals surface area contributed by atoms with Gasteiger partial charge >= 0.3 is 0 Å². The van der Waals surface area contributed by atoms with Crippen LogP contribution in [0.2, 0.25) is 0 Å². The summed E-state index contributed by atoms with van der Waals surface area (Å²) in [6, 6.07) is 0.461. The Kier molecular flexibility index (Phi) is 4.86. The van der Waals surface area contributed by atoms with Gasteiger partial charge < -0.3 is 5.73 Å². The summed E-state index contributed by atoms with van der Waals surface area (Å²) < 4.78 is 0. The predicted molar refractivity (Wildman–Crippen MR) is 69.4 cm³/mol. The van der Waals surface area contributed by atoms with Crippen molar-refractivity contribution in [1.29, 1.82) is 0 Å². The molecule has 0 aromatic carbocycles. The van der Waals surface area contributed by atoms with Crippen molar-refractivity contribution in [2.24, 2.45) is 5.73 Å². The SMILES string of the molecule is NC1CCN(C/C2=C\CCCCCC2)CC1. The molecule has 2 aliphatic rings. The first-order valence-corrected chi connectivity index (χ1v) is 7.00. The van der Waals surface area contributed by atoms with Crippen molar-refractivity contribution >= 4 is 0 Å². The Morgan fingerprint density at radius 3 is 2.69 bits per heavy atom. The van der Waals surface area contributed by atoms with Crippen molar-refractivity contribution in [3.63, 3.8) is 0 Å². The van der Waals surface area contributed by atoms with E-state index >= 15 is 0 Å². The summed E-state index contributed by atoms with van der Waals surface area (Å²) >= 11 is 0. The summed E-state index contributed by atoms with van der Waals surface area (Å²) in [5.41, 5.74) is 7.62. The quantitative estimate of drug-likeness (QED) is 0.728. The van der Waals surface area contributed by atoms with E-state index in [1.165, 1.54) is 71.0 Å². The summed E-state index contributed by atoms with van der Waals surface area (Å²) in [7, 11) is 0. The molecule has 2 rings (SSSR count). The van der Waals surface area contributed by atoms with Gasteiger partial charge in [0.05, 0.1) is 0 Å². The minimum Gasteiger partial charge on any atom is -0.328 e. The lowest BCUT2D eigenvalue weighted by Crippen LogP contribution is -2.40. The number of rotatable bonds is 2. The lowest BCUT2D eigenvalue weighted by molar-refractivity contribution is 0.227. The maximum atomic E-state index is 5.93. The predicted octanol–water partition coefficient (Wildman–Crippen LogP) is 2.69. The molecule has 0 atom stereocenters. The third-order valence-electron chi connectivity index (χ3n) is 3.94. The Morgan fingerprint density at radius 1 is 1.12 bits per heavy atom. The van der Waals surface area contributed by atoms with Gasteiger partial charge in [0.2, 0.25) is 0 Å². The Hall–Kier alpha value is -0.340. The summed E-state index contributed by atoms with van der Waals surface area (Å²) in [6.45, 7) is 3.63. The molecule has 0 saturated carbocycles. The molecule has 0 unspecified atom stereocenters. The first kappa shape index (κ1) is 12.1. The molecule has 1 saturated heterocycles. The molecule has 2 heteroatoms. The first-order chi connectivity index (χ1) is 7.84. The third kappa shape index (κ3) is 3.91. The van der Waals surface area contributed by atoms with E-state index in [0.717, 1.165) is 0 Å². The molecule has 2 N–H and O–H groups in total. The maximum absolute atomic E-state index is 5.93. The summed E-state index contributed by atoms with van der Waals surface area (Å²) in [4.78, 5) is 2.59. The van der Waals surface area contributed by atoms with Crippen LogP contribution in [0.25, 0.3) is 0 Å². The van der Waals surface area contributed by atoms with Crippen LogP contribution in [0.3, 0.4) is 0 Å². The third-order valence-corrected chi connectivity index (χ3v) is 3.94. The zero-order chi connectivity index (χ0) is 11.2. The normalized spacial score (nSPS) is 29.2. The fourth-order valence-electron chi connectivity index (χ4n) is 2.80. The molecule has 2 nitrogen and oxygen atoms in total. The molecule has 0 aromatic heterocycles. The van der Waals surface area contributed by atoms with Gasteiger partial charge in [-0.25, -0.2) is 0 Å². The number of hydrogen-bond acceptors (Lipinski definition) is 2. The van der Waals surface area contributed by atoms with Gasteiger partial charge in [0.15, 0.2) is 0 Å². The highest BCUT2D eigenvalue weighted by Gasteiger charge is 2.16. The van der Waals surface area contributed by atoms with Crippen LogP contribution in [-0.2, 0) is 0 Å². The van der Waals surface area contributed by atoms with Crippen LogP contribution in [0.1, 0.15) is 51.4 Å². The number of hydrogen-bond donors (Lipinski definition) is 1. The second-order valence-corrected chi connectivity index (χ2v) is 5.43. The van der Waals surface area contributed by atoms with Crippen LogP contribution in [0, 0.1) is 0 Å². The van der Waals surface area contributed by atoms with E-state index in [1.54, 1.807) is 5.57 Å². The average Bonchev–Trinajstić information content (AvgIpc) is 2.25. The van der Waals surface area contributed by atoms with Crippen molar-refractivity contribution in [2.75, 3.05) is 19.6 Å². The highest BCUT2D eigenvalue weighted by atomic mass is 15.1. The second-order valence-electron chi connectivity index (χ2n) is 5.43. The molecule has 0 spiro atoms. The van der Waals surface area contributed by atoms with E-state index in [1.807, 2.05) is 0 Å². The topological polar surface area (TPSA) is 29.3 Å². The highest BCUT2D eigenvalue weighted by Crippen LogP contribution is 2.19. The highest BCUT2D eigenvalue weighted by molar-refractivity contribution is 5.05. The standard InChI is InChI=1S/C14H26N2/c15-14-8-10-16(11-9-14)12-13-6-4-2-1-3-5-7-13/h6,14H,1-5,7-12,15H2/b13-6-. The largest absolute Gasteiger partial charge is 0.328 e. The lowest BCUT2D eigenvalue weighted by Gasteiger charge is -2.31. The van der Waals surface area contributed by atoms with E-state index in [-0.39, 0.29) is 0 Å². The van der Waals surface area contributed by atoms with Crippen molar-refractivity contribution < 1.29 is 0 Å². The van der Waals surface area contributed by atoms with Crippen LogP contribution < -0.4 is 5.73 Å². The zero-order valence-corrected chi connectivity index (χ0v) is 10.5. The van der Waals surface area contributed by atoms with Gasteiger partial charge in [0.25, 0.3) is 0 Å². The molecule has 1 aliphatic heterocycles. The molecule has 16 heavy (non-hydrogen) atoms. The van der Waals surface area contributed by atoms with Gasteiger partial charge in [-0.1, -0.05) is 24.5 Å². The van der Waals surface area contributed by atoms with Gasteiger partial charge in [0.1, 0.15) is 0 Å². The van der Waals surface area contributed by atoms with Crippen LogP contribution >= 0.6 is 0 Å². The smallest absolute Gasteiger partial charge is 0.0192 e. The number of nitrogens with two attached hydrogens (primary N) is 1. The van der Waals surface area contributed by atoms with E-state index in [0.29, 0.717) is 6.04 Å². The van der Waals surface area contributed by atoms with Crippen LogP contribution in [0.4, 0.5) is 0 Å². The Morgan fingerprint density at radius 2 is 1.88 bits per heavy atom. The van der Waals surface area contributed by atoms with Gasteiger partial charge in [-0.2, -0.15) is 0 Å². The number of piperidine rings is 1. The lowest BCUT2D eigenvalue weighted by atomic mass is 9.98. The Labute approximate surface area is 99.9 Å². The number of likely N-dealkylation sites (tertiary alicyclic amines) is 1. The first-order valence-electron chi connectivity index (χ1n) is 7.00. The van der Waals surface area contributed by atoms with E-state index in [4.69, 9.17) is 5.73 Å². The second kappa shape index (κ2) is 6.41. The summed E-state index contributed by atoms with van der Waals surface area (Å²) in [5.74, 6) is 0. The minimum atomic E-state index is 0.461. The number of nitrogens with zero attached hydrogens (tertiary/aromatic N) is 1. The van der Waals surface area contributed by atoms with Gasteiger partial charge in [-0.15, -0.1) is 0 Å². The van der Waals surface area contributed by atoms with Crippen LogP contribution in [0.5, 0.6) is 0 Å². The van der Waals surface area contributed by atoms with Crippen LogP contribution in [0.15, 0.2) is 11.6 Å². The molecular weight excluding hydrogens is 196 g/mol. The molecule has 0 amide bonds. The van der Waals surface area contributed by atoms with Crippen molar-refractivity contribution in [1.82, 2.24) is 4.90 Å². The van der Waals surface area contributed by atoms with E-state index < -0.39 is 0 Å². The number of allylic oxidation sites excluding steroid dienone is 1. The van der Waals surface area contributed by atoms with Gasteiger partial charge in [-0.3, -0.25) is 4.90 Å². The van der Waals surface area contributed by atoms with Crippen LogP contribution in [-0.4, -0.2) is 30.6 Å².